The summed E-state index contributed by atoms with van der Waals surface area (Å²) in [5.41, 5.74) is 0.601. The zero-order chi connectivity index (χ0) is 14.3. The number of nitrogens with one attached hydrogen (secondary N) is 1. The lowest BCUT2D eigenvalue weighted by Crippen LogP contribution is -2.32. The van der Waals surface area contributed by atoms with Gasteiger partial charge in [-0.25, -0.2) is 4.79 Å². The molecule has 0 aliphatic rings. The summed E-state index contributed by atoms with van der Waals surface area (Å²) >= 11 is 12.1. The van der Waals surface area contributed by atoms with Gasteiger partial charge in [-0.05, 0) is 25.1 Å². The first-order chi connectivity index (χ1) is 9.10. The highest BCUT2D eigenvalue weighted by Gasteiger charge is 2.23. The maximum atomic E-state index is 12.0. The van der Waals surface area contributed by atoms with Crippen LogP contribution in [0.4, 0.5) is 0 Å². The molecule has 0 bridgehead atoms. The van der Waals surface area contributed by atoms with Gasteiger partial charge >= 0.3 is 5.97 Å². The molecule has 1 aromatic rings. The quantitative estimate of drug-likeness (QED) is 0.621. The summed E-state index contributed by atoms with van der Waals surface area (Å²) in [6, 6.07) is 4.33. The molecule has 0 fully saturated rings. The Balaban J connectivity index is 2.93. The van der Waals surface area contributed by atoms with Gasteiger partial charge in [0.15, 0.2) is 0 Å². The van der Waals surface area contributed by atoms with Gasteiger partial charge in [-0.1, -0.05) is 23.2 Å². The van der Waals surface area contributed by atoms with Crippen molar-refractivity contribution in [3.63, 3.8) is 0 Å². The van der Waals surface area contributed by atoms with Crippen LogP contribution < -0.4 is 5.32 Å². The zero-order valence-corrected chi connectivity index (χ0v) is 12.4. The van der Waals surface area contributed by atoms with Crippen molar-refractivity contribution < 1.29 is 14.3 Å². The second-order valence-corrected chi connectivity index (χ2v) is 4.64. The molecule has 1 rings (SSSR count). The van der Waals surface area contributed by atoms with Gasteiger partial charge in [0.1, 0.15) is 6.04 Å². The van der Waals surface area contributed by atoms with Crippen LogP contribution in [0.5, 0.6) is 0 Å². The summed E-state index contributed by atoms with van der Waals surface area (Å²) in [4.78, 5) is 12.0. The van der Waals surface area contributed by atoms with E-state index in [1.165, 1.54) is 0 Å². The Morgan fingerprint density at radius 1 is 1.42 bits per heavy atom. The minimum Gasteiger partial charge on any atom is -0.465 e. The lowest BCUT2D eigenvalue weighted by molar-refractivity contribution is -0.145. The van der Waals surface area contributed by atoms with Crippen molar-refractivity contribution >= 4 is 29.2 Å². The predicted octanol–water partition coefficient (Wildman–Crippen LogP) is 2.83. The molecule has 1 atom stereocenters. The van der Waals surface area contributed by atoms with Crippen molar-refractivity contribution in [3.8, 4) is 0 Å². The molecule has 0 saturated carbocycles. The molecule has 0 aliphatic heterocycles. The van der Waals surface area contributed by atoms with Crippen molar-refractivity contribution in [2.75, 3.05) is 26.9 Å². The molecule has 19 heavy (non-hydrogen) atoms. The lowest BCUT2D eigenvalue weighted by atomic mass is 10.1. The predicted molar refractivity (Wildman–Crippen MR) is 75.7 cm³/mol. The van der Waals surface area contributed by atoms with Gasteiger partial charge in [-0.15, -0.1) is 0 Å². The Labute approximate surface area is 123 Å². The summed E-state index contributed by atoms with van der Waals surface area (Å²) < 4.78 is 9.99. The minimum absolute atomic E-state index is 0.305. The molecule has 1 N–H and O–H groups in total. The van der Waals surface area contributed by atoms with E-state index in [0.717, 1.165) is 0 Å². The first-order valence-electron chi connectivity index (χ1n) is 5.94. The van der Waals surface area contributed by atoms with Gasteiger partial charge < -0.3 is 9.47 Å². The van der Waals surface area contributed by atoms with Crippen LogP contribution in [0.1, 0.15) is 18.5 Å². The molecule has 0 radical (unpaired) electrons. The third-order valence-electron chi connectivity index (χ3n) is 2.45. The number of halogens is 2. The number of methoxy groups -OCH3 is 1. The van der Waals surface area contributed by atoms with E-state index in [1.54, 1.807) is 32.2 Å². The number of carbonyl (C=O) groups is 1. The Morgan fingerprint density at radius 2 is 2.16 bits per heavy atom. The van der Waals surface area contributed by atoms with Gasteiger partial charge in [-0.3, -0.25) is 5.32 Å². The molecule has 4 nitrogen and oxygen atoms in total. The van der Waals surface area contributed by atoms with Crippen molar-refractivity contribution in [2.45, 2.75) is 13.0 Å². The molecule has 0 amide bonds. The van der Waals surface area contributed by atoms with Crippen LogP contribution in [-0.2, 0) is 14.3 Å². The van der Waals surface area contributed by atoms with Crippen molar-refractivity contribution in [2.24, 2.45) is 0 Å². The summed E-state index contributed by atoms with van der Waals surface area (Å²) in [6.45, 7) is 3.04. The fraction of sp³-hybridized carbons (Fsp3) is 0.462. The smallest absolute Gasteiger partial charge is 0.327 e. The molecule has 1 aromatic carbocycles. The van der Waals surface area contributed by atoms with E-state index >= 15 is 0 Å². The zero-order valence-electron chi connectivity index (χ0n) is 10.9. The van der Waals surface area contributed by atoms with Crippen molar-refractivity contribution in [3.05, 3.63) is 33.8 Å². The molecule has 0 aliphatic carbocycles. The molecule has 1 unspecified atom stereocenters. The van der Waals surface area contributed by atoms with Crippen LogP contribution in [0, 0.1) is 0 Å². The number of ether oxygens (including phenoxy) is 2. The highest BCUT2D eigenvalue weighted by atomic mass is 35.5. The standard InChI is InChI=1S/C13H17Cl2NO3/c1-3-19-13(17)12(16-6-7-18-2)10-8-9(14)4-5-11(10)15/h4-5,8,12,16H,3,6-7H2,1-2H3. The van der Waals surface area contributed by atoms with Crippen molar-refractivity contribution in [1.82, 2.24) is 5.32 Å². The highest BCUT2D eigenvalue weighted by Crippen LogP contribution is 2.27. The maximum Gasteiger partial charge on any atom is 0.327 e. The Morgan fingerprint density at radius 3 is 2.79 bits per heavy atom. The summed E-state index contributed by atoms with van der Waals surface area (Å²) in [5, 5.41) is 4.03. The van der Waals surface area contributed by atoms with E-state index in [-0.39, 0.29) is 5.97 Å². The number of benzene rings is 1. The Bertz CT molecular complexity index is 426. The average Bonchev–Trinajstić information content (AvgIpc) is 2.38. The minimum atomic E-state index is -0.652. The second kappa shape index (κ2) is 8.38. The van der Waals surface area contributed by atoms with Gasteiger partial charge in [0.2, 0.25) is 0 Å². The normalized spacial score (nSPS) is 12.2. The number of carbonyl (C=O) groups excluding carboxylic acids is 1. The number of hydrogen-bond acceptors (Lipinski definition) is 4. The molecule has 106 valence electrons. The summed E-state index contributed by atoms with van der Waals surface area (Å²) in [6.07, 6.45) is 0. The van der Waals surface area contributed by atoms with Gasteiger partial charge in [0.05, 0.1) is 13.2 Å². The maximum absolute atomic E-state index is 12.0. The van der Waals surface area contributed by atoms with Crippen LogP contribution in [0.2, 0.25) is 10.0 Å². The number of hydrogen-bond donors (Lipinski definition) is 1. The van der Waals surface area contributed by atoms with Crippen LogP contribution >= 0.6 is 23.2 Å². The fourth-order valence-corrected chi connectivity index (χ4v) is 1.99. The Hall–Kier alpha value is -0.810. The van der Waals surface area contributed by atoms with E-state index in [0.29, 0.717) is 35.4 Å². The monoisotopic (exact) mass is 305 g/mol. The molecule has 0 spiro atoms. The van der Waals surface area contributed by atoms with Crippen LogP contribution in [-0.4, -0.2) is 32.8 Å². The molecule has 0 heterocycles. The van der Waals surface area contributed by atoms with Gasteiger partial charge in [0, 0.05) is 29.3 Å². The third kappa shape index (κ3) is 4.99. The largest absolute Gasteiger partial charge is 0.465 e. The molecule has 0 aromatic heterocycles. The highest BCUT2D eigenvalue weighted by molar-refractivity contribution is 6.33. The van der Waals surface area contributed by atoms with Crippen LogP contribution in [0.15, 0.2) is 18.2 Å². The van der Waals surface area contributed by atoms with E-state index < -0.39 is 6.04 Å². The molecule has 6 heteroatoms. The van der Waals surface area contributed by atoms with Crippen LogP contribution in [0.25, 0.3) is 0 Å². The number of esters is 1. The lowest BCUT2D eigenvalue weighted by Gasteiger charge is -2.18. The van der Waals surface area contributed by atoms with Gasteiger partial charge in [0.25, 0.3) is 0 Å². The topological polar surface area (TPSA) is 47.6 Å². The van der Waals surface area contributed by atoms with E-state index in [1.807, 2.05) is 0 Å². The second-order valence-electron chi connectivity index (χ2n) is 3.80. The van der Waals surface area contributed by atoms with Gasteiger partial charge in [-0.2, -0.15) is 0 Å². The van der Waals surface area contributed by atoms with E-state index in [2.05, 4.69) is 5.32 Å². The summed E-state index contributed by atoms with van der Waals surface area (Å²) in [7, 11) is 1.59. The van der Waals surface area contributed by atoms with E-state index in [4.69, 9.17) is 32.7 Å². The first kappa shape index (κ1) is 16.2. The van der Waals surface area contributed by atoms with Crippen molar-refractivity contribution in [1.29, 1.82) is 0 Å². The average molecular weight is 306 g/mol. The SMILES string of the molecule is CCOC(=O)C(NCCOC)c1cc(Cl)ccc1Cl. The summed E-state index contributed by atoms with van der Waals surface area (Å²) in [5.74, 6) is -0.386. The number of rotatable bonds is 7. The van der Waals surface area contributed by atoms with Crippen LogP contribution in [0.3, 0.4) is 0 Å². The first-order valence-corrected chi connectivity index (χ1v) is 6.69. The molecular formula is C13H17Cl2NO3. The molecular weight excluding hydrogens is 289 g/mol. The Kier molecular flexibility index (Phi) is 7.16. The fourth-order valence-electron chi connectivity index (χ4n) is 1.59. The van der Waals surface area contributed by atoms with E-state index in [9.17, 15) is 4.79 Å². The third-order valence-corrected chi connectivity index (χ3v) is 3.03. The molecule has 0 saturated heterocycles.